The highest BCUT2D eigenvalue weighted by Crippen LogP contribution is 2.44. The van der Waals surface area contributed by atoms with Gasteiger partial charge in [0.25, 0.3) is 0 Å². The van der Waals surface area contributed by atoms with Crippen molar-refractivity contribution in [3.8, 4) is 6.19 Å². The number of nitriles is 1. The van der Waals surface area contributed by atoms with Gasteiger partial charge in [0.05, 0.1) is 0 Å². The molecule has 0 saturated heterocycles. The van der Waals surface area contributed by atoms with Crippen molar-refractivity contribution in [3.05, 3.63) is 0 Å². The summed E-state index contributed by atoms with van der Waals surface area (Å²) in [5.74, 6) is 2.72. The van der Waals surface area contributed by atoms with Crippen LogP contribution in [-0.4, -0.2) is 6.54 Å². The zero-order chi connectivity index (χ0) is 8.39. The third kappa shape index (κ3) is 1.41. The first-order chi connectivity index (χ1) is 5.90. The predicted molar refractivity (Wildman–Crippen MR) is 47.2 cm³/mol. The summed E-state index contributed by atoms with van der Waals surface area (Å²) in [5, 5.41) is 11.2. The predicted octanol–water partition coefficient (Wildman–Crippen LogP) is 1.88. The lowest BCUT2D eigenvalue weighted by molar-refractivity contribution is 0.101. The minimum atomic E-state index is 0.803. The zero-order valence-electron chi connectivity index (χ0n) is 7.42. The molecule has 1 unspecified atom stereocenters. The molecule has 2 nitrogen and oxygen atoms in total. The van der Waals surface area contributed by atoms with E-state index >= 15 is 0 Å². The second kappa shape index (κ2) is 3.35. The van der Waals surface area contributed by atoms with Gasteiger partial charge in [0.1, 0.15) is 0 Å². The second-order valence-corrected chi connectivity index (χ2v) is 4.27. The smallest absolute Gasteiger partial charge is 0.176 e. The molecule has 66 valence electrons. The molecule has 0 spiro atoms. The Bertz CT molecular complexity index is 187. The standard InChI is InChI=1S/C10H16N2/c11-7-12-6-10-5-8-1-3-9(10)4-2-8/h8-10,12H,1-6H2. The first kappa shape index (κ1) is 7.91. The van der Waals surface area contributed by atoms with E-state index < -0.39 is 0 Å². The van der Waals surface area contributed by atoms with Gasteiger partial charge in [0.2, 0.25) is 0 Å². The Morgan fingerprint density at radius 2 is 2.00 bits per heavy atom. The lowest BCUT2D eigenvalue weighted by Crippen LogP contribution is -2.36. The quantitative estimate of drug-likeness (QED) is 0.499. The monoisotopic (exact) mass is 164 g/mol. The molecule has 0 aliphatic heterocycles. The lowest BCUT2D eigenvalue weighted by atomic mass is 9.65. The molecule has 2 heteroatoms. The molecule has 12 heavy (non-hydrogen) atoms. The molecule has 0 amide bonds. The van der Waals surface area contributed by atoms with Gasteiger partial charge in [-0.15, -0.1) is 0 Å². The minimum Gasteiger partial charge on any atom is -0.324 e. The highest BCUT2D eigenvalue weighted by Gasteiger charge is 2.34. The van der Waals surface area contributed by atoms with Crippen LogP contribution in [0.4, 0.5) is 0 Å². The van der Waals surface area contributed by atoms with E-state index in [2.05, 4.69) is 5.32 Å². The fraction of sp³-hybridized carbons (Fsp3) is 0.900. The maximum atomic E-state index is 8.41. The van der Waals surface area contributed by atoms with Gasteiger partial charge in [0.15, 0.2) is 6.19 Å². The second-order valence-electron chi connectivity index (χ2n) is 4.27. The Labute approximate surface area is 74.0 Å². The topological polar surface area (TPSA) is 35.8 Å². The zero-order valence-corrected chi connectivity index (χ0v) is 7.42. The molecule has 0 heterocycles. The number of hydrogen-bond acceptors (Lipinski definition) is 2. The van der Waals surface area contributed by atoms with Crippen LogP contribution in [0.2, 0.25) is 0 Å². The van der Waals surface area contributed by atoms with Gasteiger partial charge in [-0.05, 0) is 37.0 Å². The van der Waals surface area contributed by atoms with Crippen molar-refractivity contribution in [1.29, 1.82) is 5.26 Å². The van der Waals surface area contributed by atoms with Gasteiger partial charge in [-0.3, -0.25) is 0 Å². The molecule has 2 bridgehead atoms. The molecular formula is C10H16N2. The Balaban J connectivity index is 1.87. The average molecular weight is 164 g/mol. The largest absolute Gasteiger partial charge is 0.324 e. The maximum absolute atomic E-state index is 8.41. The maximum Gasteiger partial charge on any atom is 0.176 e. The van der Waals surface area contributed by atoms with Crippen LogP contribution in [0.25, 0.3) is 0 Å². The minimum absolute atomic E-state index is 0.803. The van der Waals surface area contributed by atoms with Crippen molar-refractivity contribution in [2.24, 2.45) is 17.8 Å². The highest BCUT2D eigenvalue weighted by atomic mass is 14.9. The summed E-state index contributed by atoms with van der Waals surface area (Å²) >= 11 is 0. The molecule has 3 rings (SSSR count). The fourth-order valence-electron chi connectivity index (χ4n) is 2.94. The number of hydrogen-bond donors (Lipinski definition) is 1. The van der Waals surface area contributed by atoms with E-state index in [0.29, 0.717) is 0 Å². The number of fused-ring (bicyclic) bond motifs is 3. The first-order valence-corrected chi connectivity index (χ1v) is 5.02. The molecule has 1 atom stereocenters. The van der Waals surface area contributed by atoms with Crippen LogP contribution >= 0.6 is 0 Å². The Morgan fingerprint density at radius 1 is 1.25 bits per heavy atom. The highest BCUT2D eigenvalue weighted by molar-refractivity contribution is 4.88. The van der Waals surface area contributed by atoms with Crippen molar-refractivity contribution >= 4 is 0 Å². The van der Waals surface area contributed by atoms with Crippen LogP contribution in [-0.2, 0) is 0 Å². The molecule has 3 saturated carbocycles. The molecule has 0 radical (unpaired) electrons. The summed E-state index contributed by atoms with van der Waals surface area (Å²) in [6.07, 6.45) is 9.14. The van der Waals surface area contributed by atoms with Crippen molar-refractivity contribution in [2.75, 3.05) is 6.54 Å². The van der Waals surface area contributed by atoms with E-state index in [4.69, 9.17) is 5.26 Å². The Kier molecular flexibility index (Phi) is 2.21. The van der Waals surface area contributed by atoms with Crippen molar-refractivity contribution < 1.29 is 0 Å². The summed E-state index contributed by atoms with van der Waals surface area (Å²) in [5.41, 5.74) is 0. The summed E-state index contributed by atoms with van der Waals surface area (Å²) in [6.45, 7) is 0.928. The Hall–Kier alpha value is -0.710. The average Bonchev–Trinajstić information content (AvgIpc) is 2.17. The van der Waals surface area contributed by atoms with Gasteiger partial charge in [0, 0.05) is 6.54 Å². The molecule has 0 aromatic rings. The van der Waals surface area contributed by atoms with Crippen LogP contribution in [0.15, 0.2) is 0 Å². The van der Waals surface area contributed by atoms with Crippen LogP contribution in [0.3, 0.4) is 0 Å². The molecule has 1 N–H and O–H groups in total. The van der Waals surface area contributed by atoms with E-state index in [1.165, 1.54) is 32.1 Å². The van der Waals surface area contributed by atoms with Gasteiger partial charge >= 0.3 is 0 Å². The molecule has 3 aliphatic carbocycles. The van der Waals surface area contributed by atoms with Crippen molar-refractivity contribution in [1.82, 2.24) is 5.32 Å². The molecule has 0 aromatic carbocycles. The fourth-order valence-corrected chi connectivity index (χ4v) is 2.94. The third-order valence-electron chi connectivity index (χ3n) is 3.64. The first-order valence-electron chi connectivity index (χ1n) is 5.02. The van der Waals surface area contributed by atoms with Crippen molar-refractivity contribution in [3.63, 3.8) is 0 Å². The van der Waals surface area contributed by atoms with Crippen molar-refractivity contribution in [2.45, 2.75) is 32.1 Å². The molecular weight excluding hydrogens is 148 g/mol. The summed E-state index contributed by atoms with van der Waals surface area (Å²) < 4.78 is 0. The van der Waals surface area contributed by atoms with Crippen LogP contribution in [0, 0.1) is 29.2 Å². The number of nitrogens with zero attached hydrogens (tertiary/aromatic N) is 1. The van der Waals surface area contributed by atoms with E-state index in [-0.39, 0.29) is 0 Å². The van der Waals surface area contributed by atoms with Crippen LogP contribution in [0.5, 0.6) is 0 Å². The summed E-state index contributed by atoms with van der Waals surface area (Å²) in [7, 11) is 0. The molecule has 0 aromatic heterocycles. The van der Waals surface area contributed by atoms with E-state index in [1.807, 2.05) is 6.19 Å². The van der Waals surface area contributed by atoms with E-state index in [9.17, 15) is 0 Å². The van der Waals surface area contributed by atoms with Gasteiger partial charge in [-0.25, -0.2) is 0 Å². The normalized spacial score (nSPS) is 39.1. The van der Waals surface area contributed by atoms with Gasteiger partial charge < -0.3 is 5.32 Å². The summed E-state index contributed by atoms with van der Waals surface area (Å²) in [6, 6.07) is 0. The van der Waals surface area contributed by atoms with E-state index in [1.54, 1.807) is 0 Å². The van der Waals surface area contributed by atoms with Crippen LogP contribution in [0.1, 0.15) is 32.1 Å². The summed E-state index contributed by atoms with van der Waals surface area (Å²) in [4.78, 5) is 0. The number of nitrogens with one attached hydrogen (secondary N) is 1. The van der Waals surface area contributed by atoms with Crippen LogP contribution < -0.4 is 5.32 Å². The lowest BCUT2D eigenvalue weighted by Gasteiger charge is -2.42. The van der Waals surface area contributed by atoms with Gasteiger partial charge in [-0.2, -0.15) is 5.26 Å². The van der Waals surface area contributed by atoms with Gasteiger partial charge in [-0.1, -0.05) is 12.8 Å². The molecule has 3 fully saturated rings. The SMILES string of the molecule is N#CNCC1CC2CCC1CC2. The third-order valence-corrected chi connectivity index (χ3v) is 3.64. The Morgan fingerprint density at radius 3 is 2.50 bits per heavy atom. The number of rotatable bonds is 2. The molecule has 3 aliphatic rings. The van der Waals surface area contributed by atoms with E-state index in [0.717, 1.165) is 24.3 Å².